The van der Waals surface area contributed by atoms with Crippen molar-refractivity contribution in [2.75, 3.05) is 20.2 Å². The molecule has 2 aromatic rings. The summed E-state index contributed by atoms with van der Waals surface area (Å²) >= 11 is 0. The Bertz CT molecular complexity index is 701. The first-order chi connectivity index (χ1) is 12.2. The molecule has 0 spiro atoms. The number of methoxy groups -OCH3 is 1. The van der Waals surface area contributed by atoms with Gasteiger partial charge in [-0.2, -0.15) is 0 Å². The molecule has 4 heteroatoms. The Morgan fingerprint density at radius 2 is 1.88 bits per heavy atom. The number of benzene rings is 2. The SMILES string of the molecule is CO[C@@H]1CN(Cc2ccccc2C(=O)O)CC[C@@H]1Cc1ccccc1. The first kappa shape index (κ1) is 17.6. The van der Waals surface area contributed by atoms with Crippen LogP contribution in [-0.4, -0.2) is 42.3 Å². The van der Waals surface area contributed by atoms with Gasteiger partial charge in [0, 0.05) is 20.2 Å². The van der Waals surface area contributed by atoms with Crippen molar-refractivity contribution >= 4 is 5.97 Å². The summed E-state index contributed by atoms with van der Waals surface area (Å²) in [7, 11) is 1.78. The Morgan fingerprint density at radius 1 is 1.16 bits per heavy atom. The number of likely N-dealkylation sites (tertiary alicyclic amines) is 1. The van der Waals surface area contributed by atoms with Crippen LogP contribution < -0.4 is 0 Å². The van der Waals surface area contributed by atoms with E-state index in [0.717, 1.165) is 31.5 Å². The molecule has 1 aliphatic rings. The molecule has 2 aromatic carbocycles. The van der Waals surface area contributed by atoms with Gasteiger partial charge in [-0.1, -0.05) is 48.5 Å². The fourth-order valence-corrected chi connectivity index (χ4v) is 3.70. The molecule has 0 saturated carbocycles. The first-order valence-corrected chi connectivity index (χ1v) is 8.77. The van der Waals surface area contributed by atoms with Crippen LogP contribution in [0.2, 0.25) is 0 Å². The molecule has 0 amide bonds. The quantitative estimate of drug-likeness (QED) is 0.875. The number of piperidine rings is 1. The number of nitrogens with zero attached hydrogens (tertiary/aromatic N) is 1. The van der Waals surface area contributed by atoms with E-state index < -0.39 is 5.97 Å². The summed E-state index contributed by atoms with van der Waals surface area (Å²) in [6.45, 7) is 2.45. The molecule has 0 bridgehead atoms. The molecule has 0 aliphatic carbocycles. The lowest BCUT2D eigenvalue weighted by molar-refractivity contribution is -0.0136. The third-order valence-electron chi connectivity index (χ3n) is 5.07. The molecule has 1 saturated heterocycles. The molecule has 0 radical (unpaired) electrons. The summed E-state index contributed by atoms with van der Waals surface area (Å²) < 4.78 is 5.76. The number of ether oxygens (including phenoxy) is 1. The zero-order valence-corrected chi connectivity index (χ0v) is 14.6. The van der Waals surface area contributed by atoms with Gasteiger partial charge in [-0.05, 0) is 42.5 Å². The Balaban J connectivity index is 1.65. The van der Waals surface area contributed by atoms with E-state index >= 15 is 0 Å². The largest absolute Gasteiger partial charge is 0.478 e. The summed E-state index contributed by atoms with van der Waals surface area (Å²) in [5.74, 6) is -0.365. The summed E-state index contributed by atoms with van der Waals surface area (Å²) in [6.07, 6.45) is 2.26. The Labute approximate surface area is 149 Å². The lowest BCUT2D eigenvalue weighted by Gasteiger charge is -2.38. The van der Waals surface area contributed by atoms with Gasteiger partial charge in [-0.3, -0.25) is 4.90 Å². The second-order valence-corrected chi connectivity index (χ2v) is 6.71. The Morgan fingerprint density at radius 3 is 2.60 bits per heavy atom. The Hall–Kier alpha value is -2.17. The van der Waals surface area contributed by atoms with Crippen LogP contribution >= 0.6 is 0 Å². The van der Waals surface area contributed by atoms with Crippen molar-refractivity contribution in [3.8, 4) is 0 Å². The van der Waals surface area contributed by atoms with E-state index in [4.69, 9.17) is 4.74 Å². The third-order valence-corrected chi connectivity index (χ3v) is 5.07. The van der Waals surface area contributed by atoms with E-state index in [-0.39, 0.29) is 6.10 Å². The molecule has 3 rings (SSSR count). The minimum atomic E-state index is -0.863. The average molecular weight is 339 g/mol. The van der Waals surface area contributed by atoms with Crippen LogP contribution in [0, 0.1) is 5.92 Å². The van der Waals surface area contributed by atoms with Crippen molar-refractivity contribution in [2.24, 2.45) is 5.92 Å². The highest BCUT2D eigenvalue weighted by atomic mass is 16.5. The van der Waals surface area contributed by atoms with Gasteiger partial charge in [0.1, 0.15) is 0 Å². The van der Waals surface area contributed by atoms with Gasteiger partial charge in [-0.15, -0.1) is 0 Å². The summed E-state index contributed by atoms with van der Waals surface area (Å²) in [4.78, 5) is 13.7. The minimum Gasteiger partial charge on any atom is -0.478 e. The molecule has 1 N–H and O–H groups in total. The molecule has 1 heterocycles. The van der Waals surface area contributed by atoms with Crippen LogP contribution in [-0.2, 0) is 17.7 Å². The molecule has 1 fully saturated rings. The van der Waals surface area contributed by atoms with Crippen LogP contribution in [0.15, 0.2) is 54.6 Å². The van der Waals surface area contributed by atoms with Gasteiger partial charge in [0.15, 0.2) is 0 Å². The monoisotopic (exact) mass is 339 g/mol. The number of carboxylic acid groups (broad SMARTS) is 1. The van der Waals surface area contributed by atoms with Gasteiger partial charge in [0.2, 0.25) is 0 Å². The van der Waals surface area contributed by atoms with Gasteiger partial charge in [0.05, 0.1) is 11.7 Å². The maximum atomic E-state index is 11.4. The van der Waals surface area contributed by atoms with Gasteiger partial charge >= 0.3 is 5.97 Å². The molecule has 2 atom stereocenters. The maximum Gasteiger partial charge on any atom is 0.336 e. The highest BCUT2D eigenvalue weighted by Gasteiger charge is 2.29. The lowest BCUT2D eigenvalue weighted by atomic mass is 9.87. The molecule has 0 unspecified atom stereocenters. The zero-order chi connectivity index (χ0) is 17.6. The number of rotatable bonds is 6. The molecule has 0 aromatic heterocycles. The fourth-order valence-electron chi connectivity index (χ4n) is 3.70. The van der Waals surface area contributed by atoms with Crippen LogP contribution in [0.5, 0.6) is 0 Å². The van der Waals surface area contributed by atoms with Crippen molar-refractivity contribution in [3.63, 3.8) is 0 Å². The minimum absolute atomic E-state index is 0.172. The highest BCUT2D eigenvalue weighted by Crippen LogP contribution is 2.25. The number of carboxylic acids is 1. The van der Waals surface area contributed by atoms with E-state index in [2.05, 4.69) is 29.2 Å². The van der Waals surface area contributed by atoms with E-state index in [1.54, 1.807) is 19.2 Å². The molecular formula is C21H25NO3. The molecule has 4 nitrogen and oxygen atoms in total. The predicted molar refractivity (Wildman–Crippen MR) is 97.7 cm³/mol. The summed E-state index contributed by atoms with van der Waals surface area (Å²) in [6, 6.07) is 17.8. The normalized spacial score (nSPS) is 21.2. The number of hydrogen-bond acceptors (Lipinski definition) is 3. The van der Waals surface area contributed by atoms with Crippen LogP contribution in [0.3, 0.4) is 0 Å². The van der Waals surface area contributed by atoms with Crippen molar-refractivity contribution in [1.29, 1.82) is 0 Å². The van der Waals surface area contributed by atoms with E-state index in [1.165, 1.54) is 5.56 Å². The topological polar surface area (TPSA) is 49.8 Å². The van der Waals surface area contributed by atoms with E-state index in [9.17, 15) is 9.90 Å². The number of carbonyl (C=O) groups is 1. The zero-order valence-electron chi connectivity index (χ0n) is 14.6. The van der Waals surface area contributed by atoms with Crippen LogP contribution in [0.4, 0.5) is 0 Å². The van der Waals surface area contributed by atoms with Crippen molar-refractivity contribution in [1.82, 2.24) is 4.90 Å². The predicted octanol–water partition coefficient (Wildman–Crippen LogP) is 3.46. The van der Waals surface area contributed by atoms with E-state index in [0.29, 0.717) is 18.0 Å². The van der Waals surface area contributed by atoms with Gasteiger partial charge in [0.25, 0.3) is 0 Å². The summed E-state index contributed by atoms with van der Waals surface area (Å²) in [5, 5.41) is 9.36. The maximum absolute atomic E-state index is 11.4. The smallest absolute Gasteiger partial charge is 0.336 e. The fraction of sp³-hybridized carbons (Fsp3) is 0.381. The third kappa shape index (κ3) is 4.47. The van der Waals surface area contributed by atoms with Crippen molar-refractivity contribution in [2.45, 2.75) is 25.5 Å². The second-order valence-electron chi connectivity index (χ2n) is 6.71. The standard InChI is InChI=1S/C21H25NO3/c1-25-20-15-22(14-18-9-5-6-10-19(18)21(23)24)12-11-17(20)13-16-7-3-2-4-8-16/h2-10,17,20H,11-15H2,1H3,(H,23,24)/t17-,20-/m1/s1. The van der Waals surface area contributed by atoms with Gasteiger partial charge in [-0.25, -0.2) is 4.79 Å². The second kappa shape index (κ2) is 8.28. The number of aromatic carboxylic acids is 1. The van der Waals surface area contributed by atoms with E-state index in [1.807, 2.05) is 18.2 Å². The summed E-state index contributed by atoms with van der Waals surface area (Å²) in [5.41, 5.74) is 2.61. The number of hydrogen-bond donors (Lipinski definition) is 1. The van der Waals surface area contributed by atoms with Crippen LogP contribution in [0.1, 0.15) is 27.9 Å². The highest BCUT2D eigenvalue weighted by molar-refractivity contribution is 5.89. The lowest BCUT2D eigenvalue weighted by Crippen LogP contribution is -2.45. The average Bonchev–Trinajstić information content (AvgIpc) is 2.64. The van der Waals surface area contributed by atoms with Gasteiger partial charge < -0.3 is 9.84 Å². The molecule has 25 heavy (non-hydrogen) atoms. The first-order valence-electron chi connectivity index (χ1n) is 8.77. The molecular weight excluding hydrogens is 314 g/mol. The Kier molecular flexibility index (Phi) is 5.84. The van der Waals surface area contributed by atoms with Crippen molar-refractivity contribution in [3.05, 3.63) is 71.3 Å². The molecule has 132 valence electrons. The van der Waals surface area contributed by atoms with Crippen molar-refractivity contribution < 1.29 is 14.6 Å². The molecule has 1 aliphatic heterocycles. The van der Waals surface area contributed by atoms with Crippen LogP contribution in [0.25, 0.3) is 0 Å².